The number of aryl methyl sites for hydroxylation is 1. The molecule has 0 spiro atoms. The summed E-state index contributed by atoms with van der Waals surface area (Å²) in [4.78, 5) is 7.17. The summed E-state index contributed by atoms with van der Waals surface area (Å²) >= 11 is 3.63. The molecular weight excluding hydrogens is 508 g/mol. The summed E-state index contributed by atoms with van der Waals surface area (Å²) in [5, 5.41) is 1.11. The number of pyridine rings is 1. The van der Waals surface area contributed by atoms with Crippen LogP contribution in [0.1, 0.15) is 41.9 Å². The molecule has 0 saturated carbocycles. The topological polar surface area (TPSA) is 25.4 Å². The average molecular weight is 544 g/mol. The number of ether oxygens (including phenoxy) is 1. The van der Waals surface area contributed by atoms with Crippen molar-refractivity contribution < 1.29 is 4.74 Å². The zero-order chi connectivity index (χ0) is 25.3. The van der Waals surface area contributed by atoms with E-state index >= 15 is 0 Å². The highest BCUT2D eigenvalue weighted by atomic mass is 79.9. The first kappa shape index (κ1) is 26.1. The van der Waals surface area contributed by atoms with Gasteiger partial charge in [0.25, 0.3) is 0 Å². The molecule has 186 valence electrons. The maximum absolute atomic E-state index is 5.90. The number of halogens is 1. The Bertz CT molecular complexity index is 1290. The molecule has 1 aromatic heterocycles. The van der Waals surface area contributed by atoms with Crippen molar-refractivity contribution >= 4 is 26.8 Å². The Morgan fingerprint density at radius 2 is 1.69 bits per heavy atom. The molecule has 0 radical (unpaired) electrons. The number of nitrogens with zero attached hydrogens (tertiary/aromatic N) is 2. The Balaban J connectivity index is 1.81. The average Bonchev–Trinajstić information content (AvgIpc) is 2.90. The van der Waals surface area contributed by atoms with Crippen molar-refractivity contribution in [3.8, 4) is 5.88 Å². The van der Waals surface area contributed by atoms with Crippen LogP contribution in [0.25, 0.3) is 10.9 Å². The van der Waals surface area contributed by atoms with E-state index < -0.39 is 0 Å². The number of unbranched alkanes of at least 4 members (excludes halogenated alkanes) is 1. The number of allylic oxidation sites excluding steroid dienone is 2. The van der Waals surface area contributed by atoms with Crippen molar-refractivity contribution in [1.82, 2.24) is 9.88 Å². The molecule has 4 rings (SSSR count). The molecule has 0 aliphatic rings. The van der Waals surface area contributed by atoms with E-state index in [0.717, 1.165) is 53.2 Å². The monoisotopic (exact) mass is 542 g/mol. The third kappa shape index (κ3) is 6.83. The summed E-state index contributed by atoms with van der Waals surface area (Å²) in [5.41, 5.74) is 6.08. The number of aromatic nitrogens is 1. The van der Waals surface area contributed by atoms with Crippen molar-refractivity contribution in [2.24, 2.45) is 0 Å². The number of hydrogen-bond acceptors (Lipinski definition) is 3. The summed E-state index contributed by atoms with van der Waals surface area (Å²) in [5.74, 6) is 0.762. The van der Waals surface area contributed by atoms with E-state index in [1.165, 1.54) is 16.7 Å². The first-order valence-corrected chi connectivity index (χ1v) is 13.4. The lowest BCUT2D eigenvalue weighted by atomic mass is 9.81. The standard InChI is InChI=1S/C32H35BrN2O/c1-35(2)21-11-10-16-26(18-17-24-12-6-4-7-13-24)31(25-14-8-5-9-15-25)29-23-27-22-28(33)19-20-30(27)34-32(29)36-3/h4-9,12-16,19-20,22-23,31H,10-11,17-18,21H2,1-3H3. The fraction of sp³-hybridized carbons (Fsp3) is 0.281. The van der Waals surface area contributed by atoms with Gasteiger partial charge in [-0.2, -0.15) is 0 Å². The number of fused-ring (bicyclic) bond motifs is 1. The zero-order valence-electron chi connectivity index (χ0n) is 21.5. The van der Waals surface area contributed by atoms with E-state index in [1.807, 2.05) is 12.1 Å². The smallest absolute Gasteiger partial charge is 0.217 e. The number of methoxy groups -OCH3 is 1. The SMILES string of the molecule is COc1nc2ccc(Br)cc2cc1C(C(=CCCCN(C)C)CCc1ccccc1)c1ccccc1. The lowest BCUT2D eigenvalue weighted by Crippen LogP contribution is -2.13. The van der Waals surface area contributed by atoms with Crippen LogP contribution in [0.2, 0.25) is 0 Å². The molecule has 1 heterocycles. The summed E-state index contributed by atoms with van der Waals surface area (Å²) in [7, 11) is 6.00. The molecule has 0 aliphatic carbocycles. The minimum Gasteiger partial charge on any atom is -0.481 e. The van der Waals surface area contributed by atoms with E-state index in [0.29, 0.717) is 5.88 Å². The molecular formula is C32H35BrN2O. The molecule has 3 nitrogen and oxygen atoms in total. The van der Waals surface area contributed by atoms with Crippen molar-refractivity contribution in [3.63, 3.8) is 0 Å². The van der Waals surface area contributed by atoms with E-state index in [9.17, 15) is 0 Å². The van der Waals surface area contributed by atoms with Gasteiger partial charge in [-0.15, -0.1) is 0 Å². The van der Waals surface area contributed by atoms with Gasteiger partial charge in [-0.1, -0.05) is 88.2 Å². The summed E-state index contributed by atoms with van der Waals surface area (Å²) in [6.45, 7) is 1.08. The van der Waals surface area contributed by atoms with Gasteiger partial charge in [0.1, 0.15) is 0 Å². The van der Waals surface area contributed by atoms with Crippen molar-refractivity contribution in [2.75, 3.05) is 27.7 Å². The molecule has 0 fully saturated rings. The van der Waals surface area contributed by atoms with E-state index in [-0.39, 0.29) is 5.92 Å². The summed E-state index contributed by atoms with van der Waals surface area (Å²) < 4.78 is 6.95. The van der Waals surface area contributed by atoms with Crippen LogP contribution in [0.4, 0.5) is 0 Å². The van der Waals surface area contributed by atoms with Crippen LogP contribution in [0.5, 0.6) is 5.88 Å². The minimum absolute atomic E-state index is 0.0695. The number of hydrogen-bond donors (Lipinski definition) is 0. The van der Waals surface area contributed by atoms with E-state index in [4.69, 9.17) is 9.72 Å². The fourth-order valence-corrected chi connectivity index (χ4v) is 5.13. The molecule has 0 N–H and O–H groups in total. The highest BCUT2D eigenvalue weighted by Gasteiger charge is 2.24. The summed E-state index contributed by atoms with van der Waals surface area (Å²) in [6, 6.07) is 30.0. The number of rotatable bonds is 11. The van der Waals surface area contributed by atoms with Gasteiger partial charge in [-0.3, -0.25) is 0 Å². The number of benzene rings is 3. The Hall–Kier alpha value is -2.95. The van der Waals surface area contributed by atoms with Crippen LogP contribution >= 0.6 is 15.9 Å². The molecule has 36 heavy (non-hydrogen) atoms. The van der Waals surface area contributed by atoms with Gasteiger partial charge in [0.05, 0.1) is 12.6 Å². The molecule has 0 saturated heterocycles. The van der Waals surface area contributed by atoms with E-state index in [2.05, 4.69) is 114 Å². The zero-order valence-corrected chi connectivity index (χ0v) is 23.0. The molecule has 4 aromatic rings. The first-order valence-electron chi connectivity index (χ1n) is 12.6. The fourth-order valence-electron chi connectivity index (χ4n) is 4.75. The predicted molar refractivity (Wildman–Crippen MR) is 155 cm³/mol. The molecule has 1 unspecified atom stereocenters. The van der Waals surface area contributed by atoms with Crippen molar-refractivity contribution in [2.45, 2.75) is 31.6 Å². The van der Waals surface area contributed by atoms with Gasteiger partial charge < -0.3 is 9.64 Å². The van der Waals surface area contributed by atoms with Crippen LogP contribution in [0.15, 0.2) is 101 Å². The van der Waals surface area contributed by atoms with Gasteiger partial charge >= 0.3 is 0 Å². The largest absolute Gasteiger partial charge is 0.481 e. The molecule has 0 aliphatic heterocycles. The van der Waals surface area contributed by atoms with Gasteiger partial charge in [0, 0.05) is 21.3 Å². The summed E-state index contributed by atoms with van der Waals surface area (Å²) in [6.07, 6.45) is 6.61. The Kier molecular flexibility index (Phi) is 9.32. The molecule has 3 aromatic carbocycles. The highest BCUT2D eigenvalue weighted by Crippen LogP contribution is 2.40. The maximum Gasteiger partial charge on any atom is 0.217 e. The Labute approximate surface area is 224 Å². The first-order chi connectivity index (χ1) is 17.5. The van der Waals surface area contributed by atoms with Crippen LogP contribution in [0, 0.1) is 0 Å². The van der Waals surface area contributed by atoms with Crippen LogP contribution < -0.4 is 4.74 Å². The minimum atomic E-state index is 0.0695. The molecule has 0 bridgehead atoms. The lowest BCUT2D eigenvalue weighted by Gasteiger charge is -2.24. The maximum atomic E-state index is 5.90. The van der Waals surface area contributed by atoms with Gasteiger partial charge in [0.2, 0.25) is 5.88 Å². The van der Waals surface area contributed by atoms with Crippen molar-refractivity contribution in [3.05, 3.63) is 118 Å². The lowest BCUT2D eigenvalue weighted by molar-refractivity contribution is 0.393. The third-order valence-corrected chi connectivity index (χ3v) is 7.03. The van der Waals surface area contributed by atoms with Crippen LogP contribution in [-0.4, -0.2) is 37.6 Å². The van der Waals surface area contributed by atoms with Crippen LogP contribution in [0.3, 0.4) is 0 Å². The van der Waals surface area contributed by atoms with Gasteiger partial charge in [-0.05, 0) is 81.7 Å². The molecule has 1 atom stereocenters. The second-order valence-electron chi connectivity index (χ2n) is 9.48. The van der Waals surface area contributed by atoms with Crippen LogP contribution in [-0.2, 0) is 6.42 Å². The second-order valence-corrected chi connectivity index (χ2v) is 10.4. The predicted octanol–water partition coefficient (Wildman–Crippen LogP) is 8.04. The van der Waals surface area contributed by atoms with E-state index in [1.54, 1.807) is 7.11 Å². The quantitative estimate of drug-likeness (QED) is 0.141. The normalized spacial score (nSPS) is 12.8. The Morgan fingerprint density at radius 3 is 2.39 bits per heavy atom. The highest BCUT2D eigenvalue weighted by molar-refractivity contribution is 9.10. The third-order valence-electron chi connectivity index (χ3n) is 6.54. The second kappa shape index (κ2) is 12.8. The molecule has 0 amide bonds. The molecule has 4 heteroatoms. The Morgan fingerprint density at radius 1 is 0.972 bits per heavy atom. The van der Waals surface area contributed by atoms with Crippen molar-refractivity contribution in [1.29, 1.82) is 0 Å². The van der Waals surface area contributed by atoms with Gasteiger partial charge in [0.15, 0.2) is 0 Å². The van der Waals surface area contributed by atoms with Gasteiger partial charge in [-0.25, -0.2) is 4.98 Å².